The number of likely N-dealkylation sites (N-methyl/N-ethyl adjacent to an activating group) is 1. The highest BCUT2D eigenvalue weighted by atomic mass is 16.7. The van der Waals surface area contributed by atoms with Crippen LogP contribution < -0.4 is 0 Å². The molecular weight excluding hydrogens is 1170 g/mol. The number of carbonyl (C=O) groups excluding carboxylic acids is 2. The molecule has 0 aliphatic rings. The van der Waals surface area contributed by atoms with Crippen molar-refractivity contribution in [2.24, 2.45) is 0 Å². The van der Waals surface area contributed by atoms with Crippen LogP contribution >= 0.6 is 0 Å². The Morgan fingerprint density at radius 1 is 0.326 bits per heavy atom. The standard InChI is InChI=1S/C86H153NO8/c1-6-8-10-12-14-16-18-20-22-24-26-28-30-32-34-36-37-38-39-40-41-42-43-44-45-46-47-49-51-53-55-57-59-61-63-65-67-69-71-73-75-77-84(89)95-82(81-94-86(85(90)91)92-79-78-87(3,4)5)80-93-83(88)76-74-72-70-68-66-64-62-60-58-56-54-52-50-48-35-33-31-29-27-25-23-21-19-17-15-13-11-9-7-2/h8,10,14,16,19-22,25-28,31-34,82,86H,6-7,9,11-13,15,17-18,23-24,29-30,35-81H2,1-5H3/p+1/b10-8-,16-14-,21-19-,22-20-,27-25-,28-26-,33-31-,34-32-. The van der Waals surface area contributed by atoms with Gasteiger partial charge >= 0.3 is 17.9 Å². The number of hydrogen-bond acceptors (Lipinski definition) is 7. The predicted molar refractivity (Wildman–Crippen MR) is 410 cm³/mol. The molecule has 0 saturated carbocycles. The molecule has 0 spiro atoms. The fraction of sp³-hybridized carbons (Fsp3) is 0.779. The number of carbonyl (C=O) groups is 3. The SMILES string of the molecule is CC/C=C\C/C=C\C/C=C\C/C=C\C/C=C\CCCCCCCCCCCCCCCCCCCCCCCCCCCC(=O)OC(COC(=O)CCCCCCCCCCCCCCCC/C=C\C/C=C\C/C=C\CCCCCCC)COC(OCC[N+](C)(C)C)C(=O)O. The summed E-state index contributed by atoms with van der Waals surface area (Å²) >= 11 is 0. The summed E-state index contributed by atoms with van der Waals surface area (Å²) in [6, 6.07) is 0. The van der Waals surface area contributed by atoms with Crippen molar-refractivity contribution in [1.29, 1.82) is 0 Å². The third-order valence-electron chi connectivity index (χ3n) is 17.8. The zero-order chi connectivity index (χ0) is 69.0. The molecule has 0 aromatic rings. The van der Waals surface area contributed by atoms with Crippen molar-refractivity contribution in [3.05, 3.63) is 97.2 Å². The minimum atomic E-state index is -1.51. The lowest BCUT2D eigenvalue weighted by Gasteiger charge is -2.25. The first kappa shape index (κ1) is 91.2. The molecule has 2 atom stereocenters. The summed E-state index contributed by atoms with van der Waals surface area (Å²) in [6.45, 7) is 4.80. The van der Waals surface area contributed by atoms with E-state index < -0.39 is 18.4 Å². The molecule has 9 heteroatoms. The maximum atomic E-state index is 13.0. The molecule has 0 aromatic heterocycles. The molecule has 0 aliphatic carbocycles. The Morgan fingerprint density at radius 2 is 0.600 bits per heavy atom. The molecule has 0 aromatic carbocycles. The van der Waals surface area contributed by atoms with Crippen LogP contribution in [0.25, 0.3) is 0 Å². The van der Waals surface area contributed by atoms with Crippen LogP contribution in [0.3, 0.4) is 0 Å². The fourth-order valence-electron chi connectivity index (χ4n) is 11.7. The summed E-state index contributed by atoms with van der Waals surface area (Å²) in [7, 11) is 5.99. The number of nitrogens with zero attached hydrogens (tertiary/aromatic N) is 1. The lowest BCUT2D eigenvalue weighted by atomic mass is 10.0. The lowest BCUT2D eigenvalue weighted by Crippen LogP contribution is -2.40. The maximum Gasteiger partial charge on any atom is 0.361 e. The molecule has 2 unspecified atom stereocenters. The molecule has 95 heavy (non-hydrogen) atoms. The molecule has 9 nitrogen and oxygen atoms in total. The van der Waals surface area contributed by atoms with Crippen molar-refractivity contribution in [2.45, 2.75) is 386 Å². The zero-order valence-electron chi connectivity index (χ0n) is 63.1. The van der Waals surface area contributed by atoms with Gasteiger partial charge in [-0.2, -0.15) is 0 Å². The summed E-state index contributed by atoms with van der Waals surface area (Å²) in [5, 5.41) is 9.77. The highest BCUT2D eigenvalue weighted by molar-refractivity contribution is 5.71. The number of carboxylic acid groups (broad SMARTS) is 1. The molecular formula is C86H154NO8+. The molecule has 0 radical (unpaired) electrons. The van der Waals surface area contributed by atoms with Gasteiger partial charge in [-0.3, -0.25) is 9.59 Å². The van der Waals surface area contributed by atoms with Crippen molar-refractivity contribution >= 4 is 17.9 Å². The molecule has 0 amide bonds. The largest absolute Gasteiger partial charge is 0.477 e. The summed E-state index contributed by atoms with van der Waals surface area (Å²) in [5.41, 5.74) is 0. The number of hydrogen-bond donors (Lipinski definition) is 1. The summed E-state index contributed by atoms with van der Waals surface area (Å²) in [6.07, 6.45) is 103. The van der Waals surface area contributed by atoms with Gasteiger partial charge in [-0.1, -0.05) is 361 Å². The van der Waals surface area contributed by atoms with E-state index in [9.17, 15) is 19.5 Å². The second kappa shape index (κ2) is 76.0. The van der Waals surface area contributed by atoms with E-state index in [0.717, 1.165) is 83.5 Å². The van der Waals surface area contributed by atoms with Crippen LogP contribution in [0.5, 0.6) is 0 Å². The Balaban J connectivity index is 3.97. The van der Waals surface area contributed by atoms with E-state index in [0.29, 0.717) is 17.4 Å². The topological polar surface area (TPSA) is 108 Å². The number of unbranched alkanes of at least 4 members (excludes halogenated alkanes) is 44. The molecule has 0 saturated heterocycles. The quantitative estimate of drug-likeness (QED) is 0.0211. The molecule has 0 rings (SSSR count). The number of esters is 2. The van der Waals surface area contributed by atoms with Crippen molar-refractivity contribution in [3.8, 4) is 0 Å². The van der Waals surface area contributed by atoms with Gasteiger partial charge in [0.2, 0.25) is 0 Å². The second-order valence-corrected chi connectivity index (χ2v) is 28.3. The average molecular weight is 1330 g/mol. The summed E-state index contributed by atoms with van der Waals surface area (Å²) in [5.74, 6) is -1.98. The first-order valence-electron chi connectivity index (χ1n) is 40.4. The smallest absolute Gasteiger partial charge is 0.361 e. The monoisotopic (exact) mass is 1330 g/mol. The number of allylic oxidation sites excluding steroid dienone is 16. The number of aliphatic carboxylic acids is 1. The third kappa shape index (κ3) is 77.4. The Hall–Kier alpha value is -3.79. The Kier molecular flexibility index (Phi) is 72.9. The third-order valence-corrected chi connectivity index (χ3v) is 17.8. The van der Waals surface area contributed by atoms with Gasteiger partial charge in [-0.25, -0.2) is 4.79 Å². The van der Waals surface area contributed by atoms with Crippen molar-refractivity contribution in [2.75, 3.05) is 47.5 Å². The van der Waals surface area contributed by atoms with Crippen LogP contribution in [0.1, 0.15) is 373 Å². The van der Waals surface area contributed by atoms with E-state index in [4.69, 9.17) is 18.9 Å². The van der Waals surface area contributed by atoms with Gasteiger partial charge in [-0.05, 0) is 96.3 Å². The Labute approximate surface area is 588 Å². The van der Waals surface area contributed by atoms with Crippen molar-refractivity contribution in [3.63, 3.8) is 0 Å². The minimum Gasteiger partial charge on any atom is -0.477 e. The first-order valence-corrected chi connectivity index (χ1v) is 40.4. The summed E-state index contributed by atoms with van der Waals surface area (Å²) < 4.78 is 23.1. The van der Waals surface area contributed by atoms with E-state index in [1.54, 1.807) is 0 Å². The van der Waals surface area contributed by atoms with Crippen LogP contribution in [0.4, 0.5) is 0 Å². The predicted octanol–water partition coefficient (Wildman–Crippen LogP) is 25.9. The van der Waals surface area contributed by atoms with E-state index in [2.05, 4.69) is 111 Å². The molecule has 0 heterocycles. The number of quaternary nitrogens is 1. The molecule has 1 N–H and O–H groups in total. The Morgan fingerprint density at radius 3 is 0.895 bits per heavy atom. The van der Waals surface area contributed by atoms with Crippen molar-refractivity contribution in [1.82, 2.24) is 0 Å². The van der Waals surface area contributed by atoms with Crippen molar-refractivity contribution < 1.29 is 42.9 Å². The van der Waals surface area contributed by atoms with E-state index in [1.165, 1.54) is 263 Å². The first-order chi connectivity index (χ1) is 46.6. The maximum absolute atomic E-state index is 13.0. The van der Waals surface area contributed by atoms with Crippen LogP contribution in [-0.2, 0) is 33.3 Å². The van der Waals surface area contributed by atoms with Crippen LogP contribution in [0, 0.1) is 0 Å². The fourth-order valence-corrected chi connectivity index (χ4v) is 11.7. The van der Waals surface area contributed by atoms with Crippen LogP contribution in [0.2, 0.25) is 0 Å². The van der Waals surface area contributed by atoms with Gasteiger partial charge in [0.15, 0.2) is 6.10 Å². The molecule has 550 valence electrons. The number of ether oxygens (including phenoxy) is 4. The zero-order valence-corrected chi connectivity index (χ0v) is 63.1. The molecule has 0 fully saturated rings. The highest BCUT2D eigenvalue weighted by Crippen LogP contribution is 2.19. The summed E-state index contributed by atoms with van der Waals surface area (Å²) in [4.78, 5) is 37.7. The van der Waals surface area contributed by atoms with Crippen LogP contribution in [0.15, 0.2) is 97.2 Å². The van der Waals surface area contributed by atoms with Crippen LogP contribution in [-0.4, -0.2) is 87.4 Å². The van der Waals surface area contributed by atoms with Gasteiger partial charge in [0, 0.05) is 12.8 Å². The number of carboxylic acids is 1. The lowest BCUT2D eigenvalue weighted by molar-refractivity contribution is -0.870. The average Bonchev–Trinajstić information content (AvgIpc) is 3.54. The second-order valence-electron chi connectivity index (χ2n) is 28.3. The molecule has 0 bridgehead atoms. The highest BCUT2D eigenvalue weighted by Gasteiger charge is 2.25. The normalized spacial score (nSPS) is 13.1. The minimum absolute atomic E-state index is 0.181. The Bertz CT molecular complexity index is 1890. The molecule has 0 aliphatic heterocycles. The van der Waals surface area contributed by atoms with E-state index in [-0.39, 0.29) is 38.2 Å². The van der Waals surface area contributed by atoms with Gasteiger partial charge in [0.25, 0.3) is 6.29 Å². The van der Waals surface area contributed by atoms with E-state index in [1.807, 2.05) is 21.1 Å². The van der Waals surface area contributed by atoms with Gasteiger partial charge in [0.05, 0.1) is 34.4 Å². The van der Waals surface area contributed by atoms with E-state index >= 15 is 0 Å². The van der Waals surface area contributed by atoms with Gasteiger partial charge < -0.3 is 28.5 Å². The number of rotatable bonds is 75. The van der Waals surface area contributed by atoms with Gasteiger partial charge in [0.1, 0.15) is 13.2 Å². The van der Waals surface area contributed by atoms with Gasteiger partial charge in [-0.15, -0.1) is 0 Å².